The first-order chi connectivity index (χ1) is 14.3. The molecule has 2 fully saturated rings. The van der Waals surface area contributed by atoms with E-state index in [1.54, 1.807) is 0 Å². The minimum atomic E-state index is 0.594. The first-order valence-electron chi connectivity index (χ1n) is 11.3. The number of piperidine rings is 1. The average Bonchev–Trinajstić information content (AvgIpc) is 3.43. The number of rotatable bonds is 11. The maximum absolute atomic E-state index is 5.78. The lowest BCUT2D eigenvalue weighted by atomic mass is 9.98. The molecule has 1 aromatic rings. The van der Waals surface area contributed by atoms with Crippen molar-refractivity contribution < 1.29 is 9.47 Å². The minimum absolute atomic E-state index is 0.594. The number of thiophene rings is 1. The lowest BCUT2D eigenvalue weighted by molar-refractivity contribution is 0.0888. The molecule has 7 heteroatoms. The van der Waals surface area contributed by atoms with E-state index < -0.39 is 0 Å². The molecule has 0 amide bonds. The van der Waals surface area contributed by atoms with E-state index in [4.69, 9.17) is 14.5 Å². The Kier molecular flexibility index (Phi) is 10.3. The van der Waals surface area contributed by atoms with E-state index in [1.807, 2.05) is 11.3 Å². The predicted octanol–water partition coefficient (Wildman–Crippen LogP) is 2.96. The summed E-state index contributed by atoms with van der Waals surface area (Å²) in [4.78, 5) is 8.91. The second-order valence-corrected chi connectivity index (χ2v) is 9.16. The molecule has 2 unspecified atom stereocenters. The minimum Gasteiger partial charge on any atom is -0.381 e. The number of hydrogen-bond donors (Lipinski definition) is 2. The lowest BCUT2D eigenvalue weighted by Gasteiger charge is -2.31. The van der Waals surface area contributed by atoms with Gasteiger partial charge in [0.05, 0.1) is 13.2 Å². The van der Waals surface area contributed by atoms with Gasteiger partial charge in [-0.05, 0) is 56.5 Å². The van der Waals surface area contributed by atoms with E-state index in [0.29, 0.717) is 11.8 Å². The molecule has 29 heavy (non-hydrogen) atoms. The van der Waals surface area contributed by atoms with Crippen molar-refractivity contribution in [2.45, 2.75) is 39.2 Å². The van der Waals surface area contributed by atoms with E-state index in [9.17, 15) is 0 Å². The molecule has 2 aliphatic heterocycles. The second-order valence-electron chi connectivity index (χ2n) is 8.13. The van der Waals surface area contributed by atoms with Crippen LogP contribution in [-0.4, -0.2) is 70.0 Å². The Balaban J connectivity index is 1.32. The maximum atomic E-state index is 5.78. The van der Waals surface area contributed by atoms with Gasteiger partial charge in [0.15, 0.2) is 5.96 Å². The molecule has 3 rings (SSSR count). The Morgan fingerprint density at radius 1 is 1.34 bits per heavy atom. The summed E-state index contributed by atoms with van der Waals surface area (Å²) in [6.07, 6.45) is 4.69. The number of aliphatic imine (C=N–C) groups is 1. The smallest absolute Gasteiger partial charge is 0.191 e. The summed E-state index contributed by atoms with van der Waals surface area (Å²) in [6, 6.07) is 4.39. The zero-order valence-electron chi connectivity index (χ0n) is 17.9. The Bertz CT molecular complexity index is 575. The van der Waals surface area contributed by atoms with Crippen molar-refractivity contribution in [3.8, 4) is 0 Å². The quantitative estimate of drug-likeness (QED) is 0.326. The van der Waals surface area contributed by atoms with Gasteiger partial charge in [0.2, 0.25) is 0 Å². The Labute approximate surface area is 180 Å². The number of nitrogens with one attached hydrogen (secondary N) is 2. The van der Waals surface area contributed by atoms with Gasteiger partial charge < -0.3 is 20.1 Å². The first-order valence-corrected chi connectivity index (χ1v) is 12.1. The molecule has 0 spiro atoms. The third-order valence-electron chi connectivity index (χ3n) is 5.55. The average molecular weight is 423 g/mol. The van der Waals surface area contributed by atoms with E-state index in [1.165, 1.54) is 24.3 Å². The largest absolute Gasteiger partial charge is 0.381 e. The molecule has 164 valence electrons. The third-order valence-corrected chi connectivity index (χ3v) is 6.41. The van der Waals surface area contributed by atoms with Crippen molar-refractivity contribution in [1.29, 1.82) is 0 Å². The molecule has 6 nitrogen and oxygen atoms in total. The predicted molar refractivity (Wildman–Crippen MR) is 121 cm³/mol. The standard InChI is InChI=1S/C22H38N4O2S/c1-2-23-22(24-9-5-11-27-17-20-8-12-28-18-20)25-14-19-6-3-10-26(15-19)16-21-7-4-13-29-21/h4,7,13,19-20H,2-3,5-6,8-12,14-18H2,1H3,(H2,23,24,25). The van der Waals surface area contributed by atoms with Crippen molar-refractivity contribution in [3.63, 3.8) is 0 Å². The summed E-state index contributed by atoms with van der Waals surface area (Å²) < 4.78 is 11.2. The summed E-state index contributed by atoms with van der Waals surface area (Å²) in [5, 5.41) is 9.00. The second kappa shape index (κ2) is 13.2. The number of likely N-dealkylation sites (tertiary alicyclic amines) is 1. The zero-order chi connectivity index (χ0) is 20.2. The van der Waals surface area contributed by atoms with E-state index in [2.05, 4.69) is 40.0 Å². The molecule has 2 aliphatic rings. The Morgan fingerprint density at radius 2 is 2.31 bits per heavy atom. The third kappa shape index (κ3) is 8.62. The van der Waals surface area contributed by atoms with Crippen LogP contribution in [0.25, 0.3) is 0 Å². The van der Waals surface area contributed by atoms with Gasteiger partial charge in [-0.1, -0.05) is 6.07 Å². The van der Waals surface area contributed by atoms with Gasteiger partial charge in [-0.2, -0.15) is 0 Å². The Morgan fingerprint density at radius 3 is 3.10 bits per heavy atom. The van der Waals surface area contributed by atoms with E-state index in [-0.39, 0.29) is 0 Å². The van der Waals surface area contributed by atoms with Crippen LogP contribution < -0.4 is 10.6 Å². The molecule has 0 aromatic carbocycles. The van der Waals surface area contributed by atoms with Crippen molar-refractivity contribution in [2.75, 3.05) is 59.2 Å². The van der Waals surface area contributed by atoms with Crippen LogP contribution in [0.3, 0.4) is 0 Å². The number of guanidine groups is 1. The SMILES string of the molecule is CCNC(=NCC1CCCN(Cc2cccs2)C1)NCCCOCC1CCOC1. The van der Waals surface area contributed by atoms with Crippen molar-refractivity contribution in [1.82, 2.24) is 15.5 Å². The van der Waals surface area contributed by atoms with Crippen LogP contribution >= 0.6 is 11.3 Å². The van der Waals surface area contributed by atoms with Gasteiger partial charge in [-0.3, -0.25) is 9.89 Å². The highest BCUT2D eigenvalue weighted by Gasteiger charge is 2.20. The molecule has 2 atom stereocenters. The lowest BCUT2D eigenvalue weighted by Crippen LogP contribution is -2.40. The van der Waals surface area contributed by atoms with Gasteiger partial charge in [-0.25, -0.2) is 0 Å². The number of ether oxygens (including phenoxy) is 2. The van der Waals surface area contributed by atoms with Crippen LogP contribution in [0.4, 0.5) is 0 Å². The highest BCUT2D eigenvalue weighted by atomic mass is 32.1. The van der Waals surface area contributed by atoms with Crippen LogP contribution in [0.2, 0.25) is 0 Å². The molecule has 0 radical (unpaired) electrons. The van der Waals surface area contributed by atoms with Crippen molar-refractivity contribution in [3.05, 3.63) is 22.4 Å². The van der Waals surface area contributed by atoms with Crippen LogP contribution in [0, 0.1) is 11.8 Å². The van der Waals surface area contributed by atoms with Gasteiger partial charge in [0.25, 0.3) is 0 Å². The first kappa shape index (κ1) is 22.5. The summed E-state index contributed by atoms with van der Waals surface area (Å²) in [6.45, 7) is 11.6. The fourth-order valence-electron chi connectivity index (χ4n) is 3.97. The van der Waals surface area contributed by atoms with Gasteiger partial charge >= 0.3 is 0 Å². The van der Waals surface area contributed by atoms with Gasteiger partial charge in [0, 0.05) is 56.7 Å². The van der Waals surface area contributed by atoms with Crippen LogP contribution in [0.5, 0.6) is 0 Å². The zero-order valence-corrected chi connectivity index (χ0v) is 18.7. The highest BCUT2D eigenvalue weighted by Crippen LogP contribution is 2.20. The molecular formula is C22H38N4O2S. The molecule has 2 N–H and O–H groups in total. The van der Waals surface area contributed by atoms with Crippen LogP contribution in [0.15, 0.2) is 22.5 Å². The van der Waals surface area contributed by atoms with Crippen LogP contribution in [-0.2, 0) is 16.0 Å². The maximum Gasteiger partial charge on any atom is 0.191 e. The molecule has 2 saturated heterocycles. The fourth-order valence-corrected chi connectivity index (χ4v) is 4.72. The van der Waals surface area contributed by atoms with Gasteiger partial charge in [0.1, 0.15) is 0 Å². The monoisotopic (exact) mass is 422 g/mol. The highest BCUT2D eigenvalue weighted by molar-refractivity contribution is 7.09. The summed E-state index contributed by atoms with van der Waals surface area (Å²) >= 11 is 1.86. The summed E-state index contributed by atoms with van der Waals surface area (Å²) in [5.41, 5.74) is 0. The van der Waals surface area contributed by atoms with E-state index in [0.717, 1.165) is 78.0 Å². The number of hydrogen-bond acceptors (Lipinski definition) is 5. The van der Waals surface area contributed by atoms with Gasteiger partial charge in [-0.15, -0.1) is 11.3 Å². The van der Waals surface area contributed by atoms with E-state index >= 15 is 0 Å². The van der Waals surface area contributed by atoms with Crippen LogP contribution in [0.1, 0.15) is 37.5 Å². The normalized spacial score (nSPS) is 23.4. The fraction of sp³-hybridized carbons (Fsp3) is 0.773. The topological polar surface area (TPSA) is 58.1 Å². The molecule has 0 bridgehead atoms. The number of nitrogens with zero attached hydrogens (tertiary/aromatic N) is 2. The Hall–Kier alpha value is -1.15. The molecule has 0 saturated carbocycles. The summed E-state index contributed by atoms with van der Waals surface area (Å²) in [7, 11) is 0. The molecule has 0 aliphatic carbocycles. The molecule has 1 aromatic heterocycles. The van der Waals surface area contributed by atoms with Crippen molar-refractivity contribution >= 4 is 17.3 Å². The molecular weight excluding hydrogens is 384 g/mol. The molecule has 3 heterocycles. The summed E-state index contributed by atoms with van der Waals surface area (Å²) in [5.74, 6) is 2.18. The van der Waals surface area contributed by atoms with Crippen molar-refractivity contribution in [2.24, 2.45) is 16.8 Å².